The maximum absolute atomic E-state index is 12.9. The predicted molar refractivity (Wildman–Crippen MR) is 55.8 cm³/mol. The number of alkyl halides is 7. The molecule has 0 saturated carbocycles. The van der Waals surface area contributed by atoms with E-state index >= 15 is 0 Å². The monoisotopic (exact) mass is 310 g/mol. The number of halogens is 7. The Labute approximate surface area is 105 Å². The van der Waals surface area contributed by atoms with Crippen LogP contribution < -0.4 is 0 Å². The molecule has 18 heavy (non-hydrogen) atoms. The molecule has 0 aliphatic heterocycles. The second-order valence-corrected chi connectivity index (χ2v) is 5.39. The van der Waals surface area contributed by atoms with Gasteiger partial charge < -0.3 is 0 Å². The van der Waals surface area contributed by atoms with Gasteiger partial charge in [-0.2, -0.15) is 30.7 Å². The SMILES string of the molecule is FC(F)(F)C(F)(F)C(F)(F)SSc1ccccc1. The molecule has 1 rings (SSSR count). The largest absolute Gasteiger partial charge is 0.460 e. The van der Waals surface area contributed by atoms with Gasteiger partial charge in [0.05, 0.1) is 0 Å². The number of hydrogen-bond acceptors (Lipinski definition) is 2. The quantitative estimate of drug-likeness (QED) is 0.552. The van der Waals surface area contributed by atoms with Gasteiger partial charge in [-0.05, 0) is 22.9 Å². The zero-order chi connectivity index (χ0) is 14.0. The minimum Gasteiger partial charge on any atom is -0.188 e. The number of benzene rings is 1. The molecule has 0 fully saturated rings. The minimum atomic E-state index is -6.29. The zero-order valence-electron chi connectivity index (χ0n) is 8.35. The van der Waals surface area contributed by atoms with E-state index in [1.165, 1.54) is 24.3 Å². The van der Waals surface area contributed by atoms with Crippen LogP contribution in [-0.2, 0) is 0 Å². The van der Waals surface area contributed by atoms with Crippen LogP contribution in [0.1, 0.15) is 0 Å². The van der Waals surface area contributed by atoms with Gasteiger partial charge >= 0.3 is 17.4 Å². The highest BCUT2D eigenvalue weighted by Crippen LogP contribution is 2.56. The summed E-state index contributed by atoms with van der Waals surface area (Å²) in [5, 5.41) is -5.24. The molecule has 0 aromatic heterocycles. The molecule has 0 N–H and O–H groups in total. The molecule has 1 aromatic rings. The van der Waals surface area contributed by atoms with Crippen LogP contribution in [0.4, 0.5) is 30.7 Å². The molecule has 0 nitrogen and oxygen atoms in total. The third-order valence-electron chi connectivity index (χ3n) is 1.71. The molecule has 0 spiro atoms. The summed E-state index contributed by atoms with van der Waals surface area (Å²) < 4.78 is 86.1. The average molecular weight is 310 g/mol. The highest BCUT2D eigenvalue weighted by Gasteiger charge is 2.73. The van der Waals surface area contributed by atoms with Crippen molar-refractivity contribution in [1.82, 2.24) is 0 Å². The van der Waals surface area contributed by atoms with Crippen LogP contribution >= 0.6 is 21.6 Å². The van der Waals surface area contributed by atoms with Crippen LogP contribution in [0.3, 0.4) is 0 Å². The zero-order valence-corrected chi connectivity index (χ0v) is 9.98. The molecular formula is C9H5F7S2. The summed E-state index contributed by atoms with van der Waals surface area (Å²) in [6, 6.07) is 7.09. The van der Waals surface area contributed by atoms with Crippen LogP contribution in [0.2, 0.25) is 0 Å². The molecule has 0 atom stereocenters. The summed E-state index contributed by atoms with van der Waals surface area (Å²) in [4.78, 5) is 0.153. The average Bonchev–Trinajstić information content (AvgIpc) is 2.26. The summed E-state index contributed by atoms with van der Waals surface area (Å²) >= 11 is 0. The van der Waals surface area contributed by atoms with Crippen molar-refractivity contribution in [3.8, 4) is 0 Å². The highest BCUT2D eigenvalue weighted by molar-refractivity contribution is 8.77. The van der Waals surface area contributed by atoms with Crippen molar-refractivity contribution in [2.75, 3.05) is 0 Å². The maximum atomic E-state index is 12.9. The molecular weight excluding hydrogens is 305 g/mol. The fraction of sp³-hybridized carbons (Fsp3) is 0.333. The van der Waals surface area contributed by atoms with E-state index in [-0.39, 0.29) is 15.7 Å². The molecule has 0 saturated heterocycles. The highest BCUT2D eigenvalue weighted by atomic mass is 33.1. The third kappa shape index (κ3) is 3.25. The van der Waals surface area contributed by atoms with Crippen molar-refractivity contribution in [3.63, 3.8) is 0 Å². The maximum Gasteiger partial charge on any atom is 0.460 e. The van der Waals surface area contributed by atoms with Gasteiger partial charge in [-0.3, -0.25) is 0 Å². The van der Waals surface area contributed by atoms with E-state index in [1.807, 2.05) is 0 Å². The van der Waals surface area contributed by atoms with Crippen molar-refractivity contribution in [3.05, 3.63) is 30.3 Å². The Balaban J connectivity index is 2.77. The molecule has 102 valence electrons. The smallest absolute Gasteiger partial charge is 0.188 e. The Morgan fingerprint density at radius 3 is 1.72 bits per heavy atom. The minimum absolute atomic E-state index is 0.153. The molecule has 1 aromatic carbocycles. The summed E-state index contributed by atoms with van der Waals surface area (Å²) in [6.07, 6.45) is -6.29. The standard InChI is InChI=1S/C9H5F7S2/c10-7(11,8(12,13)14)9(15,16)18-17-6-4-2-1-3-5-6/h1-5H. The van der Waals surface area contributed by atoms with Crippen LogP contribution in [0.25, 0.3) is 0 Å². The topological polar surface area (TPSA) is 0 Å². The molecule has 0 bridgehead atoms. The van der Waals surface area contributed by atoms with Crippen molar-refractivity contribution < 1.29 is 30.7 Å². The van der Waals surface area contributed by atoms with Crippen LogP contribution in [0.5, 0.6) is 0 Å². The van der Waals surface area contributed by atoms with E-state index in [4.69, 9.17) is 0 Å². The second kappa shape index (κ2) is 5.20. The summed E-state index contributed by atoms with van der Waals surface area (Å²) in [5.74, 6) is -6.08. The van der Waals surface area contributed by atoms with Gasteiger partial charge in [-0.1, -0.05) is 29.0 Å². The summed E-state index contributed by atoms with van der Waals surface area (Å²) in [5.41, 5.74) is 0. The lowest BCUT2D eigenvalue weighted by Gasteiger charge is -2.26. The Bertz CT molecular complexity index is 388. The Hall–Kier alpha value is -0.570. The molecule has 0 heterocycles. The first-order chi connectivity index (χ1) is 8.08. The van der Waals surface area contributed by atoms with E-state index in [9.17, 15) is 30.7 Å². The van der Waals surface area contributed by atoms with Crippen molar-refractivity contribution in [1.29, 1.82) is 0 Å². The van der Waals surface area contributed by atoms with Gasteiger partial charge in [0, 0.05) is 4.90 Å². The second-order valence-electron chi connectivity index (χ2n) is 3.07. The van der Waals surface area contributed by atoms with Gasteiger partial charge in [-0.25, -0.2) is 0 Å². The van der Waals surface area contributed by atoms with Crippen molar-refractivity contribution >= 4 is 21.6 Å². The van der Waals surface area contributed by atoms with Crippen LogP contribution in [0, 0.1) is 0 Å². The molecule has 0 radical (unpaired) electrons. The first-order valence-electron chi connectivity index (χ1n) is 4.31. The van der Waals surface area contributed by atoms with Crippen LogP contribution in [-0.4, -0.2) is 17.4 Å². The Kier molecular flexibility index (Phi) is 4.47. The Morgan fingerprint density at radius 2 is 1.28 bits per heavy atom. The summed E-state index contributed by atoms with van der Waals surface area (Å²) in [7, 11) is -0.664. The Morgan fingerprint density at radius 1 is 0.778 bits per heavy atom. The van der Waals surface area contributed by atoms with Crippen LogP contribution in [0.15, 0.2) is 35.2 Å². The normalized spacial score (nSPS) is 13.7. The van der Waals surface area contributed by atoms with Crippen molar-refractivity contribution in [2.24, 2.45) is 0 Å². The fourth-order valence-corrected chi connectivity index (χ4v) is 2.73. The van der Waals surface area contributed by atoms with Gasteiger partial charge in [0.25, 0.3) is 0 Å². The lowest BCUT2D eigenvalue weighted by atomic mass is 10.3. The van der Waals surface area contributed by atoms with E-state index < -0.39 is 28.1 Å². The number of rotatable bonds is 4. The predicted octanol–water partition coefficient (Wildman–Crippen LogP) is 5.22. The van der Waals surface area contributed by atoms with Gasteiger partial charge in [0.1, 0.15) is 0 Å². The number of hydrogen-bond donors (Lipinski definition) is 0. The van der Waals surface area contributed by atoms with Gasteiger partial charge in [-0.15, -0.1) is 0 Å². The first-order valence-corrected chi connectivity index (χ1v) is 6.46. The lowest BCUT2D eigenvalue weighted by molar-refractivity contribution is -0.329. The first kappa shape index (κ1) is 15.5. The molecule has 0 aliphatic carbocycles. The lowest BCUT2D eigenvalue weighted by Crippen LogP contribution is -2.49. The van der Waals surface area contributed by atoms with Gasteiger partial charge in [0.2, 0.25) is 0 Å². The fourth-order valence-electron chi connectivity index (χ4n) is 0.794. The summed E-state index contributed by atoms with van der Waals surface area (Å²) in [6.45, 7) is 0. The van der Waals surface area contributed by atoms with E-state index in [0.29, 0.717) is 0 Å². The molecule has 9 heteroatoms. The van der Waals surface area contributed by atoms with Crippen molar-refractivity contribution in [2.45, 2.75) is 22.2 Å². The molecule has 0 amide bonds. The van der Waals surface area contributed by atoms with Gasteiger partial charge in [0.15, 0.2) is 0 Å². The molecule has 0 aliphatic rings. The van der Waals surface area contributed by atoms with E-state index in [1.54, 1.807) is 6.07 Å². The molecule has 0 unspecified atom stereocenters. The van der Waals surface area contributed by atoms with E-state index in [0.717, 1.165) is 0 Å². The van der Waals surface area contributed by atoms with E-state index in [2.05, 4.69) is 0 Å². The third-order valence-corrected chi connectivity index (χ3v) is 4.18.